The Kier molecular flexibility index (Phi) is 6.13. The highest BCUT2D eigenvalue weighted by molar-refractivity contribution is 7.09. The van der Waals surface area contributed by atoms with Gasteiger partial charge in [0.1, 0.15) is 0 Å². The Hall–Kier alpha value is -2.16. The second-order valence-electron chi connectivity index (χ2n) is 4.97. The number of rotatable bonds is 7. The Bertz CT molecular complexity index is 629. The number of benzene rings is 1. The van der Waals surface area contributed by atoms with Crippen LogP contribution in [0, 0.1) is 11.3 Å². The summed E-state index contributed by atoms with van der Waals surface area (Å²) in [4.78, 5) is 15.2. The van der Waals surface area contributed by atoms with E-state index in [1.807, 2.05) is 36.6 Å². The first-order valence-corrected chi connectivity index (χ1v) is 8.09. The summed E-state index contributed by atoms with van der Waals surface area (Å²) in [5, 5.41) is 13.7. The van der Waals surface area contributed by atoms with Gasteiger partial charge in [0.25, 0.3) is 0 Å². The highest BCUT2D eigenvalue weighted by atomic mass is 32.1. The Labute approximate surface area is 135 Å². The fourth-order valence-corrected chi connectivity index (χ4v) is 2.72. The van der Waals surface area contributed by atoms with Crippen molar-refractivity contribution in [2.75, 3.05) is 13.1 Å². The smallest absolute Gasteiger partial charge is 0.234 e. The SMILES string of the molecule is CCN(CC(=O)NCc1cccs1)Cc1ccc(C#N)cc1. The number of nitrogens with zero attached hydrogens (tertiary/aromatic N) is 2. The molecule has 1 aromatic heterocycles. The second kappa shape index (κ2) is 8.32. The van der Waals surface area contributed by atoms with E-state index in [0.717, 1.165) is 17.0 Å². The number of nitrogens with one attached hydrogen (secondary N) is 1. The third kappa shape index (κ3) is 4.99. The van der Waals surface area contributed by atoms with Gasteiger partial charge in [-0.05, 0) is 35.7 Å². The minimum atomic E-state index is 0.0314. The predicted octanol–water partition coefficient (Wildman–Crippen LogP) is 2.76. The van der Waals surface area contributed by atoms with E-state index in [4.69, 9.17) is 5.26 Å². The summed E-state index contributed by atoms with van der Waals surface area (Å²) in [6.07, 6.45) is 0. The molecule has 114 valence electrons. The van der Waals surface area contributed by atoms with E-state index in [1.165, 1.54) is 0 Å². The van der Waals surface area contributed by atoms with Crippen LogP contribution in [0.25, 0.3) is 0 Å². The first-order valence-electron chi connectivity index (χ1n) is 7.21. The molecule has 0 aliphatic rings. The molecule has 0 aliphatic heterocycles. The van der Waals surface area contributed by atoms with E-state index < -0.39 is 0 Å². The monoisotopic (exact) mass is 313 g/mol. The van der Waals surface area contributed by atoms with Gasteiger partial charge < -0.3 is 5.32 Å². The minimum Gasteiger partial charge on any atom is -0.350 e. The maximum absolute atomic E-state index is 12.0. The lowest BCUT2D eigenvalue weighted by Gasteiger charge is -2.19. The van der Waals surface area contributed by atoms with Crippen molar-refractivity contribution in [2.24, 2.45) is 0 Å². The van der Waals surface area contributed by atoms with Gasteiger partial charge in [-0.3, -0.25) is 9.69 Å². The molecule has 0 unspecified atom stereocenters. The molecule has 1 N–H and O–H groups in total. The maximum atomic E-state index is 12.0. The topological polar surface area (TPSA) is 56.1 Å². The van der Waals surface area contributed by atoms with Crippen LogP contribution in [0.3, 0.4) is 0 Å². The Balaban J connectivity index is 1.82. The van der Waals surface area contributed by atoms with Crippen LogP contribution in [0.2, 0.25) is 0 Å². The summed E-state index contributed by atoms with van der Waals surface area (Å²) in [6.45, 7) is 4.50. The lowest BCUT2D eigenvalue weighted by Crippen LogP contribution is -2.36. The first-order chi connectivity index (χ1) is 10.7. The fourth-order valence-electron chi connectivity index (χ4n) is 2.08. The van der Waals surface area contributed by atoms with Crippen molar-refractivity contribution in [3.05, 3.63) is 57.8 Å². The third-order valence-electron chi connectivity index (χ3n) is 3.34. The van der Waals surface area contributed by atoms with Gasteiger partial charge in [-0.2, -0.15) is 5.26 Å². The molecule has 2 rings (SSSR count). The van der Waals surface area contributed by atoms with Crippen molar-refractivity contribution in [3.8, 4) is 6.07 Å². The van der Waals surface area contributed by atoms with Crippen molar-refractivity contribution >= 4 is 17.2 Å². The standard InChI is InChI=1S/C17H19N3OS/c1-2-20(12-15-7-5-14(10-18)6-8-15)13-17(21)19-11-16-4-3-9-22-16/h3-9H,2,11-13H2,1H3,(H,19,21). The van der Waals surface area contributed by atoms with Gasteiger partial charge in [-0.25, -0.2) is 0 Å². The molecule has 0 aliphatic carbocycles. The molecule has 22 heavy (non-hydrogen) atoms. The minimum absolute atomic E-state index is 0.0314. The molecule has 0 bridgehead atoms. The Morgan fingerprint density at radius 1 is 1.32 bits per heavy atom. The number of hydrogen-bond donors (Lipinski definition) is 1. The summed E-state index contributed by atoms with van der Waals surface area (Å²) in [7, 11) is 0. The molecule has 0 fully saturated rings. The molecule has 0 atom stereocenters. The van der Waals surface area contributed by atoms with E-state index in [9.17, 15) is 4.79 Å². The molecule has 0 radical (unpaired) electrons. The number of nitriles is 1. The summed E-state index contributed by atoms with van der Waals surface area (Å²) < 4.78 is 0. The zero-order valence-electron chi connectivity index (χ0n) is 12.6. The first kappa shape index (κ1) is 16.2. The molecule has 0 saturated heterocycles. The van der Waals surface area contributed by atoms with Gasteiger partial charge in [0, 0.05) is 11.4 Å². The van der Waals surface area contributed by atoms with Gasteiger partial charge in [0.2, 0.25) is 5.91 Å². The van der Waals surface area contributed by atoms with Crippen LogP contribution in [0.15, 0.2) is 41.8 Å². The zero-order valence-corrected chi connectivity index (χ0v) is 13.4. The number of carbonyl (C=O) groups excluding carboxylic acids is 1. The molecule has 1 heterocycles. The predicted molar refractivity (Wildman–Crippen MR) is 88.3 cm³/mol. The largest absolute Gasteiger partial charge is 0.350 e. The van der Waals surface area contributed by atoms with Crippen molar-refractivity contribution < 1.29 is 4.79 Å². The lowest BCUT2D eigenvalue weighted by molar-refractivity contribution is -0.122. The average molecular weight is 313 g/mol. The summed E-state index contributed by atoms with van der Waals surface area (Å²) in [5.74, 6) is 0.0314. The zero-order chi connectivity index (χ0) is 15.8. The van der Waals surface area contributed by atoms with Gasteiger partial charge in [0.15, 0.2) is 0 Å². The normalized spacial score (nSPS) is 10.4. The van der Waals surface area contributed by atoms with E-state index >= 15 is 0 Å². The molecular weight excluding hydrogens is 294 g/mol. The fraction of sp³-hybridized carbons (Fsp3) is 0.294. The molecule has 0 saturated carbocycles. The molecule has 4 nitrogen and oxygen atoms in total. The van der Waals surface area contributed by atoms with Gasteiger partial charge in [-0.15, -0.1) is 11.3 Å². The number of hydrogen-bond acceptors (Lipinski definition) is 4. The summed E-state index contributed by atoms with van der Waals surface area (Å²) in [6, 6.07) is 13.6. The Morgan fingerprint density at radius 2 is 2.09 bits per heavy atom. The van der Waals surface area contributed by atoms with Crippen LogP contribution in [0.4, 0.5) is 0 Å². The van der Waals surface area contributed by atoms with E-state index in [2.05, 4.69) is 16.3 Å². The van der Waals surface area contributed by atoms with Crippen molar-refractivity contribution in [3.63, 3.8) is 0 Å². The highest BCUT2D eigenvalue weighted by Gasteiger charge is 2.09. The van der Waals surface area contributed by atoms with Crippen LogP contribution >= 0.6 is 11.3 Å². The van der Waals surface area contributed by atoms with E-state index in [0.29, 0.717) is 25.2 Å². The van der Waals surface area contributed by atoms with Crippen molar-refractivity contribution in [1.29, 1.82) is 5.26 Å². The molecular formula is C17H19N3OS. The Morgan fingerprint density at radius 3 is 2.68 bits per heavy atom. The van der Waals surface area contributed by atoms with E-state index in [1.54, 1.807) is 23.5 Å². The number of likely N-dealkylation sites (N-methyl/N-ethyl adjacent to an activating group) is 1. The maximum Gasteiger partial charge on any atom is 0.234 e. The second-order valence-corrected chi connectivity index (χ2v) is 6.00. The van der Waals surface area contributed by atoms with Crippen LogP contribution in [0.1, 0.15) is 22.9 Å². The van der Waals surface area contributed by atoms with Crippen LogP contribution in [-0.4, -0.2) is 23.9 Å². The van der Waals surface area contributed by atoms with Crippen LogP contribution in [0.5, 0.6) is 0 Å². The van der Waals surface area contributed by atoms with Gasteiger partial charge in [0.05, 0.1) is 24.7 Å². The molecule has 0 spiro atoms. The van der Waals surface area contributed by atoms with Crippen molar-refractivity contribution in [2.45, 2.75) is 20.0 Å². The summed E-state index contributed by atoms with van der Waals surface area (Å²) >= 11 is 1.64. The third-order valence-corrected chi connectivity index (χ3v) is 4.22. The molecule has 1 aromatic carbocycles. The van der Waals surface area contributed by atoms with Gasteiger partial charge in [-0.1, -0.05) is 25.1 Å². The molecule has 2 aromatic rings. The number of amides is 1. The molecule has 1 amide bonds. The van der Waals surface area contributed by atoms with Crippen molar-refractivity contribution in [1.82, 2.24) is 10.2 Å². The van der Waals surface area contributed by atoms with E-state index in [-0.39, 0.29) is 5.91 Å². The van der Waals surface area contributed by atoms with Crippen LogP contribution in [-0.2, 0) is 17.9 Å². The molecule has 5 heteroatoms. The number of thiophene rings is 1. The quantitative estimate of drug-likeness (QED) is 0.855. The van der Waals surface area contributed by atoms with Crippen LogP contribution < -0.4 is 5.32 Å². The highest BCUT2D eigenvalue weighted by Crippen LogP contribution is 2.08. The average Bonchev–Trinajstić information content (AvgIpc) is 3.06. The summed E-state index contributed by atoms with van der Waals surface area (Å²) in [5.41, 5.74) is 1.76. The van der Waals surface area contributed by atoms with Gasteiger partial charge >= 0.3 is 0 Å². The lowest BCUT2D eigenvalue weighted by atomic mass is 10.1. The number of carbonyl (C=O) groups is 1.